The number of nitrogens with one attached hydrogen (secondary N) is 1. The van der Waals surface area contributed by atoms with Gasteiger partial charge in [0.15, 0.2) is 0 Å². The predicted octanol–water partition coefficient (Wildman–Crippen LogP) is 3.18. The van der Waals surface area contributed by atoms with Crippen molar-refractivity contribution in [2.45, 2.75) is 58.0 Å². The average Bonchev–Trinajstić information content (AvgIpc) is 3.05. The lowest BCUT2D eigenvalue weighted by Gasteiger charge is -2.59. The molecule has 4 aliphatic carbocycles. The monoisotopic (exact) mass is 371 g/mol. The zero-order chi connectivity index (χ0) is 17.9. The van der Waals surface area contributed by atoms with E-state index in [9.17, 15) is 9.59 Å². The number of fused-ring (bicyclic) bond motifs is 1. The fourth-order valence-corrected chi connectivity index (χ4v) is 7.03. The zero-order valence-electron chi connectivity index (χ0n) is 15.1. The van der Waals surface area contributed by atoms with Crippen molar-refractivity contribution in [3.05, 3.63) is 28.1 Å². The smallest absolute Gasteiger partial charge is 0.262 e. The van der Waals surface area contributed by atoms with Gasteiger partial charge in [-0.1, -0.05) is 0 Å². The van der Waals surface area contributed by atoms with E-state index >= 15 is 0 Å². The fraction of sp³-hybridized carbons (Fsp3) is 0.650. The molecule has 2 heterocycles. The van der Waals surface area contributed by atoms with Gasteiger partial charge in [0, 0.05) is 6.04 Å². The van der Waals surface area contributed by atoms with E-state index < -0.39 is 0 Å². The number of hydrogen-bond acceptors (Lipinski definition) is 4. The Labute approximate surface area is 156 Å². The van der Waals surface area contributed by atoms with Gasteiger partial charge in [-0.3, -0.25) is 14.2 Å². The van der Waals surface area contributed by atoms with E-state index in [0.29, 0.717) is 5.39 Å². The second-order valence-electron chi connectivity index (χ2n) is 8.89. The predicted molar refractivity (Wildman–Crippen MR) is 102 cm³/mol. The number of rotatable bonds is 4. The lowest BCUT2D eigenvalue weighted by Crippen LogP contribution is -2.56. The van der Waals surface area contributed by atoms with Crippen LogP contribution in [0.2, 0.25) is 0 Å². The van der Waals surface area contributed by atoms with Crippen molar-refractivity contribution >= 4 is 27.5 Å². The first-order chi connectivity index (χ1) is 12.5. The molecule has 4 fully saturated rings. The van der Waals surface area contributed by atoms with E-state index in [1.165, 1.54) is 60.8 Å². The van der Waals surface area contributed by atoms with Crippen molar-refractivity contribution < 1.29 is 4.79 Å². The molecule has 26 heavy (non-hydrogen) atoms. The van der Waals surface area contributed by atoms with Crippen LogP contribution in [0.25, 0.3) is 10.2 Å². The number of nitrogens with zero attached hydrogens (tertiary/aromatic N) is 2. The summed E-state index contributed by atoms with van der Waals surface area (Å²) in [5.74, 6) is 2.53. The molecule has 138 valence electrons. The maximum absolute atomic E-state index is 12.6. The van der Waals surface area contributed by atoms with Gasteiger partial charge in [0.2, 0.25) is 5.91 Å². The molecule has 6 rings (SSSR count). The van der Waals surface area contributed by atoms with Crippen LogP contribution >= 0.6 is 11.3 Å². The highest BCUT2D eigenvalue weighted by Gasteiger charge is 2.53. The Kier molecular flexibility index (Phi) is 3.75. The third-order valence-electron chi connectivity index (χ3n) is 7.15. The van der Waals surface area contributed by atoms with Gasteiger partial charge in [0.25, 0.3) is 5.56 Å². The summed E-state index contributed by atoms with van der Waals surface area (Å²) in [5.41, 5.74) is 0.152. The molecule has 1 N–H and O–H groups in total. The quantitative estimate of drug-likeness (QED) is 0.898. The number of thiophene rings is 1. The zero-order valence-corrected chi connectivity index (χ0v) is 15.9. The molecule has 0 radical (unpaired) electrons. The first kappa shape index (κ1) is 16.5. The summed E-state index contributed by atoms with van der Waals surface area (Å²) in [7, 11) is 0. The van der Waals surface area contributed by atoms with Gasteiger partial charge in [0.1, 0.15) is 11.4 Å². The van der Waals surface area contributed by atoms with Gasteiger partial charge >= 0.3 is 0 Å². The highest BCUT2D eigenvalue weighted by Crippen LogP contribution is 2.61. The van der Waals surface area contributed by atoms with Crippen LogP contribution in [-0.2, 0) is 11.3 Å². The molecular formula is C20H25N3O2S. The van der Waals surface area contributed by atoms with Gasteiger partial charge < -0.3 is 5.32 Å². The molecule has 0 saturated heterocycles. The van der Waals surface area contributed by atoms with Crippen molar-refractivity contribution in [3.63, 3.8) is 0 Å². The van der Waals surface area contributed by atoms with Crippen LogP contribution in [-0.4, -0.2) is 21.5 Å². The molecule has 4 saturated carbocycles. The third kappa shape index (κ3) is 2.61. The van der Waals surface area contributed by atoms with Gasteiger partial charge in [-0.05, 0) is 80.1 Å². The Hall–Kier alpha value is -1.69. The van der Waals surface area contributed by atoms with Crippen molar-refractivity contribution in [1.82, 2.24) is 14.9 Å². The van der Waals surface area contributed by atoms with Gasteiger partial charge in [-0.15, -0.1) is 11.3 Å². The summed E-state index contributed by atoms with van der Waals surface area (Å²) in [6, 6.07) is 1.96. The minimum Gasteiger partial charge on any atom is -0.352 e. The molecule has 1 atom stereocenters. The molecule has 5 nitrogen and oxygen atoms in total. The van der Waals surface area contributed by atoms with E-state index in [4.69, 9.17) is 0 Å². The number of carbonyl (C=O) groups is 1. The van der Waals surface area contributed by atoms with Crippen molar-refractivity contribution in [2.24, 2.45) is 23.2 Å². The lowest BCUT2D eigenvalue weighted by molar-refractivity contribution is -0.126. The van der Waals surface area contributed by atoms with E-state index in [-0.39, 0.29) is 29.5 Å². The largest absolute Gasteiger partial charge is 0.352 e. The van der Waals surface area contributed by atoms with E-state index in [0.717, 1.165) is 22.6 Å². The summed E-state index contributed by atoms with van der Waals surface area (Å²) in [4.78, 5) is 30.1. The molecule has 0 aromatic carbocycles. The second kappa shape index (κ2) is 5.91. The van der Waals surface area contributed by atoms with Crippen molar-refractivity contribution in [3.8, 4) is 0 Å². The minimum atomic E-state index is -0.131. The molecule has 4 aliphatic rings. The Morgan fingerprint density at radius 3 is 2.62 bits per heavy atom. The second-order valence-corrected chi connectivity index (χ2v) is 9.78. The molecule has 1 amide bonds. The summed E-state index contributed by atoms with van der Waals surface area (Å²) < 4.78 is 1.43. The first-order valence-corrected chi connectivity index (χ1v) is 10.6. The van der Waals surface area contributed by atoms with Crippen LogP contribution in [0.15, 0.2) is 22.6 Å². The summed E-state index contributed by atoms with van der Waals surface area (Å²) in [6.07, 6.45) is 9.51. The summed E-state index contributed by atoms with van der Waals surface area (Å²) in [6.45, 7) is 2.22. The number of carbonyl (C=O) groups excluding carboxylic acids is 1. The highest BCUT2D eigenvalue weighted by atomic mass is 32.1. The summed E-state index contributed by atoms with van der Waals surface area (Å²) >= 11 is 1.45. The molecule has 6 heteroatoms. The Morgan fingerprint density at radius 2 is 1.96 bits per heavy atom. The van der Waals surface area contributed by atoms with Crippen LogP contribution in [0, 0.1) is 23.2 Å². The van der Waals surface area contributed by atoms with Crippen LogP contribution < -0.4 is 10.9 Å². The molecule has 0 spiro atoms. The summed E-state index contributed by atoms with van der Waals surface area (Å²) in [5, 5.41) is 5.69. The van der Waals surface area contributed by atoms with Crippen LogP contribution in [0.1, 0.15) is 45.4 Å². The lowest BCUT2D eigenvalue weighted by atomic mass is 9.48. The Balaban J connectivity index is 1.31. The Morgan fingerprint density at radius 1 is 1.31 bits per heavy atom. The minimum absolute atomic E-state index is 0.0499. The maximum atomic E-state index is 12.6. The van der Waals surface area contributed by atoms with E-state index in [2.05, 4.69) is 17.2 Å². The molecule has 2 aromatic rings. The molecular weight excluding hydrogens is 346 g/mol. The fourth-order valence-electron chi connectivity index (χ4n) is 6.31. The van der Waals surface area contributed by atoms with Crippen molar-refractivity contribution in [1.29, 1.82) is 0 Å². The normalized spacial score (nSPS) is 33.5. The van der Waals surface area contributed by atoms with Crippen LogP contribution in [0.5, 0.6) is 0 Å². The third-order valence-corrected chi connectivity index (χ3v) is 7.97. The number of hydrogen-bond donors (Lipinski definition) is 1. The first-order valence-electron chi connectivity index (χ1n) is 9.74. The SMILES string of the molecule is C[C@@H](NC(=O)Cn1cnc2sccc2c1=O)C12CC3CC(CC(C3)C1)C2. The molecule has 0 aliphatic heterocycles. The topological polar surface area (TPSA) is 64.0 Å². The Bertz CT molecular complexity index is 880. The van der Waals surface area contributed by atoms with Gasteiger partial charge in [0.05, 0.1) is 11.7 Å². The van der Waals surface area contributed by atoms with E-state index in [1.807, 2.05) is 5.38 Å². The molecule has 2 aromatic heterocycles. The number of amides is 1. The van der Waals surface area contributed by atoms with Gasteiger partial charge in [-0.2, -0.15) is 0 Å². The van der Waals surface area contributed by atoms with Crippen LogP contribution in [0.4, 0.5) is 0 Å². The van der Waals surface area contributed by atoms with Crippen molar-refractivity contribution in [2.75, 3.05) is 0 Å². The van der Waals surface area contributed by atoms with Gasteiger partial charge in [-0.25, -0.2) is 4.98 Å². The highest BCUT2D eigenvalue weighted by molar-refractivity contribution is 7.16. The standard InChI is InChI=1S/C20H25N3O2S/c1-12(20-7-13-4-14(8-20)6-15(5-13)9-20)22-17(24)10-23-11-21-18-16(19(23)25)2-3-26-18/h2-3,11-15H,4-10H2,1H3,(H,22,24)/t12-,13?,14?,15?,20?/m1/s1. The average molecular weight is 372 g/mol. The van der Waals surface area contributed by atoms with E-state index in [1.54, 1.807) is 6.07 Å². The molecule has 0 unspecified atom stereocenters. The molecule has 4 bridgehead atoms. The van der Waals surface area contributed by atoms with Crippen LogP contribution in [0.3, 0.4) is 0 Å². The number of aromatic nitrogens is 2. The maximum Gasteiger partial charge on any atom is 0.262 e.